The number of carbonyl (C=O) groups is 1. The predicted molar refractivity (Wildman–Crippen MR) is 70.6 cm³/mol. The van der Waals surface area contributed by atoms with Crippen molar-refractivity contribution in [3.63, 3.8) is 0 Å². The van der Waals surface area contributed by atoms with E-state index in [1.54, 1.807) is 12.1 Å². The van der Waals surface area contributed by atoms with Gasteiger partial charge in [-0.2, -0.15) is 5.26 Å². The van der Waals surface area contributed by atoms with Crippen molar-refractivity contribution < 1.29 is 9.53 Å². The molecule has 0 aliphatic heterocycles. The highest BCUT2D eigenvalue weighted by Gasteiger charge is 2.16. The van der Waals surface area contributed by atoms with E-state index in [1.807, 2.05) is 26.0 Å². The Morgan fingerprint density at radius 3 is 2.67 bits per heavy atom. The fourth-order valence-corrected chi connectivity index (χ4v) is 1.64. The van der Waals surface area contributed by atoms with E-state index in [4.69, 9.17) is 10.00 Å². The molecule has 0 N–H and O–H groups in total. The van der Waals surface area contributed by atoms with Crippen LogP contribution in [-0.2, 0) is 0 Å². The predicted octanol–water partition coefficient (Wildman–Crippen LogP) is 3.60. The van der Waals surface area contributed by atoms with E-state index in [-0.39, 0.29) is 11.2 Å². The van der Waals surface area contributed by atoms with Gasteiger partial charge in [0, 0.05) is 0 Å². The van der Waals surface area contributed by atoms with Crippen LogP contribution < -0.4 is 4.74 Å². The van der Waals surface area contributed by atoms with Crippen LogP contribution in [0.5, 0.6) is 5.75 Å². The fourth-order valence-electron chi connectivity index (χ4n) is 1.64. The van der Waals surface area contributed by atoms with E-state index in [9.17, 15) is 4.79 Å². The molecule has 0 atom stereocenters. The molecule has 96 valence electrons. The Balaban J connectivity index is 2.50. The molecule has 0 aliphatic rings. The summed E-state index contributed by atoms with van der Waals surface area (Å²) in [5.74, 6) is 0.628. The van der Waals surface area contributed by atoms with Gasteiger partial charge < -0.3 is 4.74 Å². The second kappa shape index (κ2) is 6.20. The van der Waals surface area contributed by atoms with Crippen LogP contribution in [0, 0.1) is 16.7 Å². The molecule has 3 nitrogen and oxygen atoms in total. The first-order valence-corrected chi connectivity index (χ1v) is 6.10. The first kappa shape index (κ1) is 14.2. The molecule has 0 bridgehead atoms. The summed E-state index contributed by atoms with van der Waals surface area (Å²) in [5.41, 5.74) is 0.292. The molecule has 0 heterocycles. The van der Waals surface area contributed by atoms with Crippen LogP contribution in [0.2, 0.25) is 0 Å². The molecule has 1 aromatic rings. The van der Waals surface area contributed by atoms with Crippen LogP contribution in [0.1, 0.15) is 44.0 Å². The molecule has 0 aliphatic carbocycles. The molecule has 3 heteroatoms. The third-order valence-electron chi connectivity index (χ3n) is 2.77. The first-order valence-electron chi connectivity index (χ1n) is 6.10. The van der Waals surface area contributed by atoms with Gasteiger partial charge in [0.1, 0.15) is 5.75 Å². The van der Waals surface area contributed by atoms with Crippen molar-refractivity contribution in [2.45, 2.75) is 33.6 Å². The van der Waals surface area contributed by atoms with Crippen molar-refractivity contribution in [3.8, 4) is 11.8 Å². The molecule has 0 spiro atoms. The molecule has 0 unspecified atom stereocenters. The lowest BCUT2D eigenvalue weighted by Crippen LogP contribution is -2.10. The third-order valence-corrected chi connectivity index (χ3v) is 2.77. The van der Waals surface area contributed by atoms with E-state index in [1.165, 1.54) is 6.92 Å². The van der Waals surface area contributed by atoms with E-state index in [0.717, 1.165) is 12.8 Å². The maximum Gasteiger partial charge on any atom is 0.163 e. The number of nitriles is 1. The lowest BCUT2D eigenvalue weighted by molar-refractivity contribution is 0.101. The minimum Gasteiger partial charge on any atom is -0.493 e. The topological polar surface area (TPSA) is 50.1 Å². The SMILES string of the molecule is CC(=O)c1ccccc1OCCCC(C)(C)C#N. The molecule has 1 rings (SSSR count). The van der Waals surface area contributed by atoms with Gasteiger partial charge in [0.15, 0.2) is 5.78 Å². The van der Waals surface area contributed by atoms with Crippen LogP contribution in [-0.4, -0.2) is 12.4 Å². The minimum absolute atomic E-state index is 0.00274. The minimum atomic E-state index is -0.316. The van der Waals surface area contributed by atoms with E-state index >= 15 is 0 Å². The highest BCUT2D eigenvalue weighted by atomic mass is 16.5. The van der Waals surface area contributed by atoms with Crippen molar-refractivity contribution in [2.75, 3.05) is 6.61 Å². The van der Waals surface area contributed by atoms with Gasteiger partial charge in [0.25, 0.3) is 0 Å². The molecule has 0 amide bonds. The first-order chi connectivity index (χ1) is 8.46. The second-order valence-electron chi connectivity index (χ2n) is 5.00. The zero-order valence-corrected chi connectivity index (χ0v) is 11.2. The van der Waals surface area contributed by atoms with E-state index < -0.39 is 0 Å². The lowest BCUT2D eigenvalue weighted by atomic mass is 9.90. The highest BCUT2D eigenvalue weighted by molar-refractivity contribution is 5.96. The number of carbonyl (C=O) groups excluding carboxylic acids is 1. The lowest BCUT2D eigenvalue weighted by Gasteiger charge is -2.15. The average Bonchev–Trinajstić information content (AvgIpc) is 2.35. The van der Waals surface area contributed by atoms with E-state index in [0.29, 0.717) is 17.9 Å². The standard InChI is InChI=1S/C15H19NO2/c1-12(17)13-7-4-5-8-14(13)18-10-6-9-15(2,3)11-16/h4-5,7-8H,6,9-10H2,1-3H3. The Morgan fingerprint density at radius 2 is 2.06 bits per heavy atom. The van der Waals surface area contributed by atoms with Crippen LogP contribution in [0.3, 0.4) is 0 Å². The van der Waals surface area contributed by atoms with Crippen molar-refractivity contribution >= 4 is 5.78 Å². The van der Waals surface area contributed by atoms with Crippen LogP contribution in [0.15, 0.2) is 24.3 Å². The number of benzene rings is 1. The molecule has 0 saturated heterocycles. The zero-order chi connectivity index (χ0) is 13.6. The summed E-state index contributed by atoms with van der Waals surface area (Å²) in [6, 6.07) is 9.49. The summed E-state index contributed by atoms with van der Waals surface area (Å²) in [6.07, 6.45) is 1.58. The Labute approximate surface area is 108 Å². The van der Waals surface area contributed by atoms with Crippen molar-refractivity contribution in [1.82, 2.24) is 0 Å². The average molecular weight is 245 g/mol. The quantitative estimate of drug-likeness (QED) is 0.568. The Kier molecular flexibility index (Phi) is 4.91. The Bertz CT molecular complexity index is 458. The number of ketones is 1. The van der Waals surface area contributed by atoms with Gasteiger partial charge in [-0.15, -0.1) is 0 Å². The molecule has 0 aromatic heterocycles. The molecule has 1 aromatic carbocycles. The number of para-hydroxylation sites is 1. The molecule has 0 fully saturated rings. The summed E-state index contributed by atoms with van der Waals surface area (Å²) in [4.78, 5) is 11.4. The van der Waals surface area contributed by atoms with E-state index in [2.05, 4.69) is 6.07 Å². The number of hydrogen-bond acceptors (Lipinski definition) is 3. The molecular weight excluding hydrogens is 226 g/mol. The molecule has 0 saturated carbocycles. The second-order valence-corrected chi connectivity index (χ2v) is 5.00. The van der Waals surface area contributed by atoms with Crippen LogP contribution >= 0.6 is 0 Å². The van der Waals surface area contributed by atoms with Gasteiger partial charge >= 0.3 is 0 Å². The summed E-state index contributed by atoms with van der Waals surface area (Å²) in [6.45, 7) is 5.88. The molecular formula is C15H19NO2. The number of Topliss-reactive ketones (excluding diaryl/α,β-unsaturated/α-hetero) is 1. The third kappa shape index (κ3) is 4.21. The van der Waals surface area contributed by atoms with Gasteiger partial charge in [-0.1, -0.05) is 12.1 Å². The number of hydrogen-bond donors (Lipinski definition) is 0. The summed E-state index contributed by atoms with van der Waals surface area (Å²) >= 11 is 0. The number of nitrogens with zero attached hydrogens (tertiary/aromatic N) is 1. The van der Waals surface area contributed by atoms with Crippen LogP contribution in [0.4, 0.5) is 0 Å². The molecule has 0 radical (unpaired) electrons. The summed E-state index contributed by atoms with van der Waals surface area (Å²) in [7, 11) is 0. The summed E-state index contributed by atoms with van der Waals surface area (Å²) < 4.78 is 5.61. The normalized spacial score (nSPS) is 10.8. The van der Waals surface area contributed by atoms with Gasteiger partial charge in [-0.05, 0) is 45.7 Å². The van der Waals surface area contributed by atoms with Crippen LogP contribution in [0.25, 0.3) is 0 Å². The maximum absolute atomic E-state index is 11.4. The van der Waals surface area contributed by atoms with Crippen molar-refractivity contribution in [2.24, 2.45) is 5.41 Å². The highest BCUT2D eigenvalue weighted by Crippen LogP contribution is 2.22. The van der Waals surface area contributed by atoms with Gasteiger partial charge in [0.05, 0.1) is 23.7 Å². The Hall–Kier alpha value is -1.82. The van der Waals surface area contributed by atoms with Gasteiger partial charge in [-0.25, -0.2) is 0 Å². The maximum atomic E-state index is 11.4. The van der Waals surface area contributed by atoms with Crippen molar-refractivity contribution in [3.05, 3.63) is 29.8 Å². The number of ether oxygens (including phenoxy) is 1. The van der Waals surface area contributed by atoms with Gasteiger partial charge in [-0.3, -0.25) is 4.79 Å². The number of rotatable bonds is 6. The Morgan fingerprint density at radius 1 is 1.39 bits per heavy atom. The fraction of sp³-hybridized carbons (Fsp3) is 0.467. The van der Waals surface area contributed by atoms with Gasteiger partial charge in [0.2, 0.25) is 0 Å². The van der Waals surface area contributed by atoms with Crippen molar-refractivity contribution in [1.29, 1.82) is 5.26 Å². The smallest absolute Gasteiger partial charge is 0.163 e. The largest absolute Gasteiger partial charge is 0.493 e. The molecule has 18 heavy (non-hydrogen) atoms. The summed E-state index contributed by atoms with van der Waals surface area (Å²) in [5, 5.41) is 8.89. The monoisotopic (exact) mass is 245 g/mol. The zero-order valence-electron chi connectivity index (χ0n) is 11.2.